The zero-order valence-corrected chi connectivity index (χ0v) is 13.9. The van der Waals surface area contributed by atoms with Crippen LogP contribution in [0.5, 0.6) is 0 Å². The molecule has 1 aliphatic heterocycles. The second-order valence-electron chi connectivity index (χ2n) is 5.52. The standard InChI is InChI=1S/C13H26N6O2S/c1-3-6-22-13-16-11(10(18-14)12(17-13)21-2)15-8-4-5-9(7-8)19-20/h8-9,11,13,15-18H,3-7,14H2,1-2H3/t8-,9+,11?,13?/m0/s1. The van der Waals surface area contributed by atoms with Gasteiger partial charge in [0.1, 0.15) is 17.4 Å². The SMILES string of the molecule is CCCSC1NC(OC)=C(NN)C(N[C@H]2CC[C@@H](N=O)C2)N1. The molecule has 0 amide bonds. The first kappa shape index (κ1) is 17.3. The first-order valence-corrected chi connectivity index (χ1v) is 8.74. The molecule has 126 valence electrons. The second kappa shape index (κ2) is 8.56. The highest BCUT2D eigenvalue weighted by molar-refractivity contribution is 7.99. The van der Waals surface area contributed by atoms with Crippen molar-refractivity contribution in [1.29, 1.82) is 0 Å². The van der Waals surface area contributed by atoms with E-state index in [0.717, 1.165) is 37.1 Å². The number of ether oxygens (including phenoxy) is 1. The zero-order chi connectivity index (χ0) is 15.9. The van der Waals surface area contributed by atoms with Crippen molar-refractivity contribution in [3.05, 3.63) is 16.5 Å². The molecular formula is C13H26N6O2S. The lowest BCUT2D eigenvalue weighted by atomic mass is 10.2. The van der Waals surface area contributed by atoms with Crippen LogP contribution in [0.25, 0.3) is 0 Å². The molecule has 0 aromatic carbocycles. The fraction of sp³-hybridized carbons (Fsp3) is 0.846. The lowest BCUT2D eigenvalue weighted by molar-refractivity contribution is 0.213. The zero-order valence-electron chi connectivity index (χ0n) is 13.1. The molecule has 1 fully saturated rings. The molecule has 1 heterocycles. The topological polar surface area (TPSA) is 113 Å². The number of nitrogens with one attached hydrogen (secondary N) is 4. The van der Waals surface area contributed by atoms with Gasteiger partial charge in [0.05, 0.1) is 13.2 Å². The predicted molar refractivity (Wildman–Crippen MR) is 88.3 cm³/mol. The summed E-state index contributed by atoms with van der Waals surface area (Å²) in [5.74, 6) is 7.33. The molecule has 1 saturated carbocycles. The molecule has 0 aromatic heterocycles. The van der Waals surface area contributed by atoms with Gasteiger partial charge in [-0.3, -0.25) is 16.5 Å². The van der Waals surface area contributed by atoms with Crippen LogP contribution < -0.4 is 27.2 Å². The maximum absolute atomic E-state index is 10.7. The third kappa shape index (κ3) is 4.25. The highest BCUT2D eigenvalue weighted by Gasteiger charge is 2.33. The van der Waals surface area contributed by atoms with Gasteiger partial charge in [0.25, 0.3) is 0 Å². The van der Waals surface area contributed by atoms with Gasteiger partial charge in [0.2, 0.25) is 5.88 Å². The Labute approximate surface area is 135 Å². The minimum Gasteiger partial charge on any atom is -0.481 e. The Kier molecular flexibility index (Phi) is 6.74. The van der Waals surface area contributed by atoms with Crippen molar-refractivity contribution in [3.63, 3.8) is 0 Å². The molecule has 0 bridgehead atoms. The fourth-order valence-electron chi connectivity index (χ4n) is 2.82. The van der Waals surface area contributed by atoms with E-state index in [1.54, 1.807) is 18.9 Å². The predicted octanol–water partition coefficient (Wildman–Crippen LogP) is 0.488. The second-order valence-corrected chi connectivity index (χ2v) is 6.73. The van der Waals surface area contributed by atoms with E-state index in [-0.39, 0.29) is 23.7 Å². The van der Waals surface area contributed by atoms with Gasteiger partial charge in [-0.05, 0) is 31.4 Å². The van der Waals surface area contributed by atoms with Crippen molar-refractivity contribution < 1.29 is 4.74 Å². The highest BCUT2D eigenvalue weighted by Crippen LogP contribution is 2.24. The summed E-state index contributed by atoms with van der Waals surface area (Å²) in [5, 5.41) is 13.4. The molecule has 0 saturated heterocycles. The van der Waals surface area contributed by atoms with Crippen LogP contribution in [0.1, 0.15) is 32.6 Å². The van der Waals surface area contributed by atoms with E-state index in [1.165, 1.54) is 0 Å². The summed E-state index contributed by atoms with van der Waals surface area (Å²) in [4.78, 5) is 10.7. The fourth-order valence-corrected chi connectivity index (χ4v) is 3.71. The molecule has 6 N–H and O–H groups in total. The summed E-state index contributed by atoms with van der Waals surface area (Å²) < 4.78 is 5.41. The van der Waals surface area contributed by atoms with Gasteiger partial charge in [-0.15, -0.1) is 11.8 Å². The number of nitroso groups, excluding NO2 is 1. The largest absolute Gasteiger partial charge is 0.481 e. The van der Waals surface area contributed by atoms with Gasteiger partial charge < -0.3 is 15.5 Å². The normalized spacial score (nSPS) is 31.8. The van der Waals surface area contributed by atoms with Gasteiger partial charge in [0, 0.05) is 6.04 Å². The number of hydrazine groups is 1. The molecular weight excluding hydrogens is 304 g/mol. The van der Waals surface area contributed by atoms with Crippen LogP contribution in [0.3, 0.4) is 0 Å². The Hall–Kier alpha value is -1.03. The van der Waals surface area contributed by atoms with Gasteiger partial charge in [0.15, 0.2) is 0 Å². The number of nitrogens with zero attached hydrogens (tertiary/aromatic N) is 1. The van der Waals surface area contributed by atoms with E-state index < -0.39 is 0 Å². The number of rotatable bonds is 8. The van der Waals surface area contributed by atoms with Gasteiger partial charge >= 0.3 is 0 Å². The first-order valence-electron chi connectivity index (χ1n) is 7.69. The van der Waals surface area contributed by atoms with Crippen molar-refractivity contribution in [2.24, 2.45) is 11.0 Å². The van der Waals surface area contributed by atoms with Crippen LogP contribution in [0.2, 0.25) is 0 Å². The molecule has 22 heavy (non-hydrogen) atoms. The van der Waals surface area contributed by atoms with Gasteiger partial charge in [-0.1, -0.05) is 12.1 Å². The number of nitrogens with two attached hydrogens (primary N) is 1. The number of methoxy groups -OCH3 is 1. The van der Waals surface area contributed by atoms with Gasteiger partial charge in [-0.2, -0.15) is 4.91 Å². The Morgan fingerprint density at radius 3 is 2.91 bits per heavy atom. The van der Waals surface area contributed by atoms with Crippen LogP contribution >= 0.6 is 11.8 Å². The molecule has 8 nitrogen and oxygen atoms in total. The number of hydrogen-bond acceptors (Lipinski definition) is 9. The molecule has 0 aromatic rings. The summed E-state index contributed by atoms with van der Waals surface area (Å²) >= 11 is 1.78. The van der Waals surface area contributed by atoms with Crippen LogP contribution in [-0.2, 0) is 4.74 Å². The summed E-state index contributed by atoms with van der Waals surface area (Å²) in [7, 11) is 1.62. The Morgan fingerprint density at radius 1 is 1.50 bits per heavy atom. The summed E-state index contributed by atoms with van der Waals surface area (Å²) in [6.45, 7) is 2.15. The van der Waals surface area contributed by atoms with Gasteiger partial charge in [-0.25, -0.2) is 0 Å². The maximum Gasteiger partial charge on any atom is 0.212 e. The Morgan fingerprint density at radius 2 is 2.32 bits per heavy atom. The molecule has 4 atom stereocenters. The summed E-state index contributed by atoms with van der Waals surface area (Å²) in [5.41, 5.74) is 3.49. The number of thioether (sulfide) groups is 1. The van der Waals surface area contributed by atoms with Crippen molar-refractivity contribution in [3.8, 4) is 0 Å². The van der Waals surface area contributed by atoms with E-state index in [9.17, 15) is 4.91 Å². The van der Waals surface area contributed by atoms with E-state index in [0.29, 0.717) is 5.88 Å². The van der Waals surface area contributed by atoms with Crippen LogP contribution in [0.15, 0.2) is 16.8 Å². The van der Waals surface area contributed by atoms with Crippen LogP contribution in [-0.4, -0.2) is 36.6 Å². The molecule has 2 aliphatic rings. The average molecular weight is 330 g/mol. The third-order valence-corrected chi connectivity index (χ3v) is 5.15. The van der Waals surface area contributed by atoms with Crippen molar-refractivity contribution in [2.75, 3.05) is 12.9 Å². The van der Waals surface area contributed by atoms with Crippen LogP contribution in [0, 0.1) is 4.91 Å². The van der Waals surface area contributed by atoms with E-state index in [1.807, 2.05) is 0 Å². The Balaban J connectivity index is 2.03. The number of hydrogen-bond donors (Lipinski definition) is 5. The molecule has 0 spiro atoms. The lowest BCUT2D eigenvalue weighted by Gasteiger charge is -2.36. The molecule has 0 radical (unpaired) electrons. The quantitative estimate of drug-likeness (QED) is 0.248. The smallest absolute Gasteiger partial charge is 0.212 e. The average Bonchev–Trinajstić information content (AvgIpc) is 3.00. The van der Waals surface area contributed by atoms with E-state index in [4.69, 9.17) is 10.6 Å². The minimum absolute atomic E-state index is 0.0471. The lowest BCUT2D eigenvalue weighted by Crippen LogP contribution is -2.61. The minimum atomic E-state index is -0.147. The van der Waals surface area contributed by atoms with E-state index in [2.05, 4.69) is 33.5 Å². The third-order valence-electron chi connectivity index (χ3n) is 3.92. The maximum atomic E-state index is 10.7. The van der Waals surface area contributed by atoms with Crippen molar-refractivity contribution >= 4 is 11.8 Å². The highest BCUT2D eigenvalue weighted by atomic mass is 32.2. The van der Waals surface area contributed by atoms with Crippen molar-refractivity contribution in [1.82, 2.24) is 21.4 Å². The summed E-state index contributed by atoms with van der Waals surface area (Å²) in [6, 6.07) is 0.168. The van der Waals surface area contributed by atoms with Crippen LogP contribution in [0.4, 0.5) is 0 Å². The molecule has 2 rings (SSSR count). The molecule has 1 aliphatic carbocycles. The first-order chi connectivity index (χ1) is 10.7. The van der Waals surface area contributed by atoms with E-state index >= 15 is 0 Å². The monoisotopic (exact) mass is 330 g/mol. The van der Waals surface area contributed by atoms with Crippen molar-refractivity contribution in [2.45, 2.75) is 56.4 Å². The summed E-state index contributed by atoms with van der Waals surface area (Å²) in [6.07, 6.45) is 3.50. The molecule has 2 unspecified atom stereocenters. The molecule has 9 heteroatoms. The Bertz CT molecular complexity index is 408.